The number of carbonyl (C=O) groups excluding carboxylic acids is 5. The Morgan fingerprint density at radius 3 is 2.09 bits per heavy atom. The minimum atomic E-state index is -1.46. The predicted molar refractivity (Wildman–Crippen MR) is 113 cm³/mol. The highest BCUT2D eigenvalue weighted by molar-refractivity contribution is 5.96. The summed E-state index contributed by atoms with van der Waals surface area (Å²) in [5, 5.41) is 22.5. The van der Waals surface area contributed by atoms with Crippen molar-refractivity contribution in [1.82, 2.24) is 15.5 Å². The summed E-state index contributed by atoms with van der Waals surface area (Å²) >= 11 is 0. The normalized spacial score (nSPS) is 17.8. The van der Waals surface area contributed by atoms with Gasteiger partial charge < -0.3 is 42.9 Å². The van der Waals surface area contributed by atoms with Gasteiger partial charge in [0, 0.05) is 19.4 Å². The zero-order chi connectivity index (χ0) is 26.0. The van der Waals surface area contributed by atoms with Gasteiger partial charge in [-0.3, -0.25) is 28.8 Å². The molecule has 1 aliphatic rings. The molecule has 15 nitrogen and oxygen atoms in total. The maximum atomic E-state index is 13.1. The van der Waals surface area contributed by atoms with Gasteiger partial charge in [0.05, 0.1) is 12.5 Å². The molecule has 0 radical (unpaired) electrons. The van der Waals surface area contributed by atoms with E-state index in [1.165, 1.54) is 0 Å². The van der Waals surface area contributed by atoms with Crippen molar-refractivity contribution < 1.29 is 43.8 Å². The van der Waals surface area contributed by atoms with Crippen LogP contribution in [0.2, 0.25) is 0 Å². The second-order valence-corrected chi connectivity index (χ2v) is 7.86. The molecule has 10 N–H and O–H groups in total. The quantitative estimate of drug-likeness (QED) is 0.126. The van der Waals surface area contributed by atoms with Crippen molar-refractivity contribution in [2.75, 3.05) is 6.54 Å². The van der Waals surface area contributed by atoms with Crippen LogP contribution in [-0.2, 0) is 33.6 Å². The average Bonchev–Trinajstić information content (AvgIpc) is 3.22. The van der Waals surface area contributed by atoms with Crippen molar-refractivity contribution in [3.8, 4) is 0 Å². The number of carboxylic acid groups (broad SMARTS) is 2. The van der Waals surface area contributed by atoms with Crippen LogP contribution in [0.1, 0.15) is 44.9 Å². The van der Waals surface area contributed by atoms with Crippen LogP contribution in [-0.4, -0.2) is 87.3 Å². The molecule has 0 aromatic rings. The van der Waals surface area contributed by atoms with Crippen LogP contribution in [0.4, 0.5) is 0 Å². The zero-order valence-electron chi connectivity index (χ0n) is 18.4. The summed E-state index contributed by atoms with van der Waals surface area (Å²) in [6.07, 6.45) is -1.15. The van der Waals surface area contributed by atoms with Gasteiger partial charge in [-0.05, 0) is 25.7 Å². The molecular formula is C19H30N6O9. The molecule has 34 heavy (non-hydrogen) atoms. The third-order valence-electron chi connectivity index (χ3n) is 5.16. The summed E-state index contributed by atoms with van der Waals surface area (Å²) < 4.78 is 0. The van der Waals surface area contributed by atoms with Crippen molar-refractivity contribution in [1.29, 1.82) is 0 Å². The lowest BCUT2D eigenvalue weighted by Gasteiger charge is -2.29. The third-order valence-corrected chi connectivity index (χ3v) is 5.16. The molecule has 1 aliphatic heterocycles. The largest absolute Gasteiger partial charge is 0.481 e. The lowest BCUT2D eigenvalue weighted by Crippen LogP contribution is -2.57. The van der Waals surface area contributed by atoms with E-state index >= 15 is 0 Å². The van der Waals surface area contributed by atoms with E-state index in [1.54, 1.807) is 0 Å². The molecule has 0 aliphatic carbocycles. The summed E-state index contributed by atoms with van der Waals surface area (Å²) in [4.78, 5) is 83.6. The van der Waals surface area contributed by atoms with Crippen molar-refractivity contribution >= 4 is 41.5 Å². The van der Waals surface area contributed by atoms with Crippen LogP contribution in [0.25, 0.3) is 0 Å². The van der Waals surface area contributed by atoms with Crippen molar-refractivity contribution in [3.63, 3.8) is 0 Å². The highest BCUT2D eigenvalue weighted by Gasteiger charge is 2.39. The van der Waals surface area contributed by atoms with Crippen molar-refractivity contribution in [3.05, 3.63) is 0 Å². The smallest absolute Gasteiger partial charge is 0.326 e. The van der Waals surface area contributed by atoms with E-state index in [0.29, 0.717) is 6.42 Å². The number of primary amides is 2. The number of amides is 5. The molecular weight excluding hydrogens is 456 g/mol. The minimum absolute atomic E-state index is 0.0894. The van der Waals surface area contributed by atoms with E-state index < -0.39 is 78.5 Å². The molecule has 4 unspecified atom stereocenters. The van der Waals surface area contributed by atoms with Gasteiger partial charge in [0.2, 0.25) is 29.5 Å². The standard InChI is InChI=1S/C19H30N6O9/c20-9(3-6-15(28)29)16(30)24-11(8-14(22)27)18(32)25-7-1-2-12(25)17(31)23-10(19(33)34)4-5-13(21)26/h9-12H,1-8,20H2,(H2,21,26)(H2,22,27)(H,23,31)(H,24,30)(H,28,29)(H,33,34). The lowest BCUT2D eigenvalue weighted by atomic mass is 10.1. The lowest BCUT2D eigenvalue weighted by molar-refractivity contribution is -0.145. The van der Waals surface area contributed by atoms with E-state index in [1.807, 2.05) is 0 Å². The molecule has 0 bridgehead atoms. The second kappa shape index (κ2) is 13.1. The molecule has 1 fully saturated rings. The first-order chi connectivity index (χ1) is 15.8. The molecule has 0 aromatic carbocycles. The SMILES string of the molecule is NC(=O)CCC(NC(=O)C1CCCN1C(=O)C(CC(N)=O)NC(=O)C(N)CCC(=O)O)C(=O)O. The zero-order valence-corrected chi connectivity index (χ0v) is 18.4. The van der Waals surface area contributed by atoms with Crippen LogP contribution < -0.4 is 27.8 Å². The first-order valence-electron chi connectivity index (χ1n) is 10.5. The number of carboxylic acids is 2. The molecule has 4 atom stereocenters. The number of carbonyl (C=O) groups is 7. The van der Waals surface area contributed by atoms with Crippen molar-refractivity contribution in [2.45, 2.75) is 69.1 Å². The topological polar surface area (TPSA) is 265 Å². The van der Waals surface area contributed by atoms with E-state index in [4.69, 9.17) is 22.3 Å². The number of likely N-dealkylation sites (tertiary alicyclic amines) is 1. The third kappa shape index (κ3) is 9.01. The fourth-order valence-corrected chi connectivity index (χ4v) is 3.41. The Morgan fingerprint density at radius 1 is 0.912 bits per heavy atom. The fraction of sp³-hybridized carbons (Fsp3) is 0.632. The van der Waals surface area contributed by atoms with Crippen LogP contribution in [0.3, 0.4) is 0 Å². The van der Waals surface area contributed by atoms with Crippen LogP contribution in [0, 0.1) is 0 Å². The number of rotatable bonds is 14. The minimum Gasteiger partial charge on any atom is -0.481 e. The van der Waals surface area contributed by atoms with Crippen LogP contribution in [0.5, 0.6) is 0 Å². The number of nitrogens with one attached hydrogen (secondary N) is 2. The van der Waals surface area contributed by atoms with E-state index in [9.17, 15) is 38.7 Å². The molecule has 1 rings (SSSR count). The highest BCUT2D eigenvalue weighted by Crippen LogP contribution is 2.20. The molecule has 15 heteroatoms. The van der Waals surface area contributed by atoms with Gasteiger partial charge in [0.15, 0.2) is 0 Å². The van der Waals surface area contributed by atoms with Crippen LogP contribution in [0.15, 0.2) is 0 Å². The van der Waals surface area contributed by atoms with Gasteiger partial charge >= 0.3 is 11.9 Å². The maximum Gasteiger partial charge on any atom is 0.326 e. The van der Waals surface area contributed by atoms with Gasteiger partial charge in [-0.25, -0.2) is 4.79 Å². The Balaban J connectivity index is 2.93. The molecule has 0 saturated carbocycles. The van der Waals surface area contributed by atoms with Gasteiger partial charge in [0.25, 0.3) is 0 Å². The first kappa shape index (κ1) is 28.3. The Labute approximate surface area is 194 Å². The monoisotopic (exact) mass is 486 g/mol. The summed E-state index contributed by atoms with van der Waals surface area (Å²) in [5.74, 6) is -6.70. The van der Waals surface area contributed by atoms with E-state index in [0.717, 1.165) is 4.90 Å². The van der Waals surface area contributed by atoms with Gasteiger partial charge in [-0.2, -0.15) is 0 Å². The number of nitrogens with two attached hydrogens (primary N) is 3. The van der Waals surface area contributed by atoms with Crippen molar-refractivity contribution in [2.24, 2.45) is 17.2 Å². The first-order valence-corrected chi connectivity index (χ1v) is 10.5. The molecule has 1 heterocycles. The van der Waals surface area contributed by atoms with Gasteiger partial charge in [-0.1, -0.05) is 0 Å². The van der Waals surface area contributed by atoms with E-state index in [-0.39, 0.29) is 32.2 Å². The Morgan fingerprint density at radius 2 is 1.56 bits per heavy atom. The van der Waals surface area contributed by atoms with E-state index in [2.05, 4.69) is 10.6 Å². The van der Waals surface area contributed by atoms with Gasteiger partial charge in [-0.15, -0.1) is 0 Å². The fourth-order valence-electron chi connectivity index (χ4n) is 3.41. The molecule has 190 valence electrons. The second-order valence-electron chi connectivity index (χ2n) is 7.86. The number of aliphatic carboxylic acids is 2. The molecule has 0 spiro atoms. The maximum absolute atomic E-state index is 13.1. The summed E-state index contributed by atoms with van der Waals surface area (Å²) in [6, 6.07) is -5.22. The Kier molecular flexibility index (Phi) is 10.9. The highest BCUT2D eigenvalue weighted by atomic mass is 16.4. The predicted octanol–water partition coefficient (Wildman–Crippen LogP) is -3.64. The van der Waals surface area contributed by atoms with Gasteiger partial charge in [0.1, 0.15) is 18.1 Å². The summed E-state index contributed by atoms with van der Waals surface area (Å²) in [6.45, 7) is 0.0894. The summed E-state index contributed by atoms with van der Waals surface area (Å²) in [7, 11) is 0. The average molecular weight is 486 g/mol. The number of nitrogens with zero attached hydrogens (tertiary/aromatic N) is 1. The molecule has 5 amide bonds. The van der Waals surface area contributed by atoms with Crippen LogP contribution >= 0.6 is 0 Å². The Bertz CT molecular complexity index is 833. The molecule has 1 saturated heterocycles. The summed E-state index contributed by atoms with van der Waals surface area (Å²) in [5.41, 5.74) is 15.8. The number of hydrogen-bond acceptors (Lipinski definition) is 8. The number of hydrogen-bond donors (Lipinski definition) is 7. The molecule has 0 aromatic heterocycles. The Hall–Kier alpha value is -3.75.